The molecule has 1 aliphatic carbocycles. The van der Waals surface area contributed by atoms with E-state index in [4.69, 9.17) is 0 Å². The largest absolute Gasteiger partial charge is 0.361 e. The Morgan fingerprint density at radius 3 is 2.91 bits per heavy atom. The number of aromatic amines is 1. The minimum Gasteiger partial charge on any atom is -0.361 e. The molecule has 122 valence electrons. The predicted molar refractivity (Wildman–Crippen MR) is 95.8 cm³/mol. The lowest BCUT2D eigenvalue weighted by molar-refractivity contribution is 0.151. The molecule has 2 N–H and O–H groups in total. The van der Waals surface area contributed by atoms with Crippen molar-refractivity contribution in [3.05, 3.63) is 36.0 Å². The number of rotatable bonds is 3. The van der Waals surface area contributed by atoms with Crippen LogP contribution >= 0.6 is 0 Å². The van der Waals surface area contributed by atoms with Crippen molar-refractivity contribution in [1.29, 1.82) is 0 Å². The van der Waals surface area contributed by atoms with Gasteiger partial charge in [0.15, 0.2) is 5.96 Å². The average Bonchev–Trinajstić information content (AvgIpc) is 3.16. The number of H-pyrrole nitrogens is 1. The number of para-hydroxylation sites is 1. The molecule has 1 saturated carbocycles. The van der Waals surface area contributed by atoms with Gasteiger partial charge in [-0.05, 0) is 42.7 Å². The van der Waals surface area contributed by atoms with Crippen LogP contribution in [-0.4, -0.2) is 42.5 Å². The Hall–Kier alpha value is -1.97. The van der Waals surface area contributed by atoms with Gasteiger partial charge in [0.1, 0.15) is 0 Å². The third kappa shape index (κ3) is 2.71. The van der Waals surface area contributed by atoms with Crippen molar-refractivity contribution in [3.8, 4) is 0 Å². The minimum atomic E-state index is 0.620. The zero-order chi connectivity index (χ0) is 15.7. The monoisotopic (exact) mass is 310 g/mol. The second-order valence-electron chi connectivity index (χ2n) is 7.11. The van der Waals surface area contributed by atoms with Crippen LogP contribution in [-0.2, 0) is 6.42 Å². The number of hydrogen-bond acceptors (Lipinski definition) is 1. The molecule has 0 amide bonds. The number of likely N-dealkylation sites (tertiary alicyclic amines) is 1. The fraction of sp³-hybridized carbons (Fsp3) is 0.526. The van der Waals surface area contributed by atoms with Crippen LogP contribution in [0.15, 0.2) is 35.5 Å². The second-order valence-corrected chi connectivity index (χ2v) is 7.11. The van der Waals surface area contributed by atoms with Crippen LogP contribution < -0.4 is 5.32 Å². The molecular weight excluding hydrogens is 284 g/mol. The maximum Gasteiger partial charge on any atom is 0.193 e. The summed E-state index contributed by atoms with van der Waals surface area (Å²) < 4.78 is 0. The highest BCUT2D eigenvalue weighted by Crippen LogP contribution is 2.47. The SMILES string of the molecule is CN=C(NCCc1c[nH]c2ccccc12)N1CCC2(CCC2)C1. The zero-order valence-electron chi connectivity index (χ0n) is 13.9. The smallest absolute Gasteiger partial charge is 0.193 e. The number of benzene rings is 1. The lowest BCUT2D eigenvalue weighted by Crippen LogP contribution is -2.43. The van der Waals surface area contributed by atoms with E-state index in [0.29, 0.717) is 5.41 Å². The summed E-state index contributed by atoms with van der Waals surface area (Å²) in [5, 5.41) is 4.89. The fourth-order valence-corrected chi connectivity index (χ4v) is 4.18. The van der Waals surface area contributed by atoms with E-state index in [-0.39, 0.29) is 0 Å². The van der Waals surface area contributed by atoms with Gasteiger partial charge in [-0.15, -0.1) is 0 Å². The number of nitrogens with zero attached hydrogens (tertiary/aromatic N) is 2. The van der Waals surface area contributed by atoms with E-state index in [2.05, 4.69) is 50.7 Å². The van der Waals surface area contributed by atoms with Crippen molar-refractivity contribution in [2.75, 3.05) is 26.7 Å². The topological polar surface area (TPSA) is 43.4 Å². The zero-order valence-corrected chi connectivity index (χ0v) is 13.9. The Labute approximate surface area is 138 Å². The summed E-state index contributed by atoms with van der Waals surface area (Å²) in [6, 6.07) is 8.50. The molecule has 0 unspecified atom stereocenters. The first kappa shape index (κ1) is 14.6. The van der Waals surface area contributed by atoms with Gasteiger partial charge in [-0.3, -0.25) is 4.99 Å². The standard InChI is InChI=1S/C19H26N4/c1-20-18(23-12-10-19(14-23)8-4-9-19)21-11-7-15-13-22-17-6-3-2-5-16(15)17/h2-3,5-6,13,22H,4,7-12,14H2,1H3,(H,20,21). The Kier molecular flexibility index (Phi) is 3.76. The van der Waals surface area contributed by atoms with Gasteiger partial charge >= 0.3 is 0 Å². The molecule has 4 heteroatoms. The van der Waals surface area contributed by atoms with Crippen LogP contribution in [0.5, 0.6) is 0 Å². The molecule has 0 atom stereocenters. The summed E-state index contributed by atoms with van der Waals surface area (Å²) in [5.74, 6) is 1.08. The van der Waals surface area contributed by atoms with E-state index in [9.17, 15) is 0 Å². The molecule has 0 radical (unpaired) electrons. The Bertz CT molecular complexity index is 711. The Balaban J connectivity index is 1.35. The lowest BCUT2D eigenvalue weighted by Gasteiger charge is -2.38. The number of fused-ring (bicyclic) bond motifs is 1. The molecular formula is C19H26N4. The normalized spacial score (nSPS) is 20.2. The number of guanidine groups is 1. The quantitative estimate of drug-likeness (QED) is 0.675. The molecule has 1 spiro atoms. The molecule has 2 heterocycles. The van der Waals surface area contributed by atoms with Gasteiger partial charge < -0.3 is 15.2 Å². The van der Waals surface area contributed by atoms with Crippen LogP contribution in [0.4, 0.5) is 0 Å². The Morgan fingerprint density at radius 1 is 1.30 bits per heavy atom. The predicted octanol–water partition coefficient (Wildman–Crippen LogP) is 3.16. The van der Waals surface area contributed by atoms with Gasteiger partial charge in [-0.1, -0.05) is 24.6 Å². The maximum absolute atomic E-state index is 4.50. The molecule has 2 fully saturated rings. The highest BCUT2D eigenvalue weighted by molar-refractivity contribution is 5.83. The minimum absolute atomic E-state index is 0.620. The summed E-state index contributed by atoms with van der Waals surface area (Å²) >= 11 is 0. The molecule has 4 rings (SSSR count). The summed E-state index contributed by atoms with van der Waals surface area (Å²) in [7, 11) is 1.90. The maximum atomic E-state index is 4.50. The van der Waals surface area contributed by atoms with Crippen molar-refractivity contribution >= 4 is 16.9 Å². The summed E-state index contributed by atoms with van der Waals surface area (Å²) in [6.07, 6.45) is 8.73. The molecule has 2 aliphatic rings. The van der Waals surface area contributed by atoms with Crippen LogP contribution in [0.2, 0.25) is 0 Å². The molecule has 23 heavy (non-hydrogen) atoms. The summed E-state index contributed by atoms with van der Waals surface area (Å²) in [5.41, 5.74) is 3.22. The van der Waals surface area contributed by atoms with Crippen LogP contribution in [0.25, 0.3) is 10.9 Å². The van der Waals surface area contributed by atoms with Gasteiger partial charge in [0, 0.05) is 43.8 Å². The van der Waals surface area contributed by atoms with E-state index in [0.717, 1.165) is 25.5 Å². The number of nitrogens with one attached hydrogen (secondary N) is 2. The fourth-order valence-electron chi connectivity index (χ4n) is 4.18. The van der Waals surface area contributed by atoms with Gasteiger partial charge in [-0.25, -0.2) is 0 Å². The van der Waals surface area contributed by atoms with Crippen molar-refractivity contribution in [2.45, 2.75) is 32.1 Å². The first-order valence-corrected chi connectivity index (χ1v) is 8.80. The van der Waals surface area contributed by atoms with Crippen molar-refractivity contribution in [2.24, 2.45) is 10.4 Å². The van der Waals surface area contributed by atoms with Gasteiger partial charge in [-0.2, -0.15) is 0 Å². The molecule has 2 aromatic rings. The molecule has 4 nitrogen and oxygen atoms in total. The van der Waals surface area contributed by atoms with E-state index < -0.39 is 0 Å². The van der Waals surface area contributed by atoms with E-state index >= 15 is 0 Å². The second kappa shape index (κ2) is 5.91. The lowest BCUT2D eigenvalue weighted by atomic mass is 9.68. The Morgan fingerprint density at radius 2 is 2.17 bits per heavy atom. The van der Waals surface area contributed by atoms with E-state index in [1.54, 1.807) is 0 Å². The molecule has 1 aromatic heterocycles. The molecule has 1 aliphatic heterocycles. The van der Waals surface area contributed by atoms with Gasteiger partial charge in [0.2, 0.25) is 0 Å². The molecule has 1 saturated heterocycles. The summed E-state index contributed by atoms with van der Waals surface area (Å²) in [4.78, 5) is 10.3. The highest BCUT2D eigenvalue weighted by Gasteiger charge is 2.43. The van der Waals surface area contributed by atoms with Gasteiger partial charge in [0.25, 0.3) is 0 Å². The van der Waals surface area contributed by atoms with Crippen molar-refractivity contribution in [3.63, 3.8) is 0 Å². The van der Waals surface area contributed by atoms with E-state index in [1.807, 2.05) is 7.05 Å². The van der Waals surface area contributed by atoms with Crippen LogP contribution in [0.3, 0.4) is 0 Å². The highest BCUT2D eigenvalue weighted by atomic mass is 15.3. The van der Waals surface area contributed by atoms with Crippen LogP contribution in [0.1, 0.15) is 31.2 Å². The summed E-state index contributed by atoms with van der Waals surface area (Å²) in [6.45, 7) is 3.28. The number of aromatic nitrogens is 1. The average molecular weight is 310 g/mol. The van der Waals surface area contributed by atoms with Crippen molar-refractivity contribution < 1.29 is 0 Å². The van der Waals surface area contributed by atoms with E-state index in [1.165, 1.54) is 48.7 Å². The number of aliphatic imine (C=N–C) groups is 1. The molecule has 1 aromatic carbocycles. The third-order valence-corrected chi connectivity index (χ3v) is 5.72. The van der Waals surface area contributed by atoms with Crippen LogP contribution in [0, 0.1) is 5.41 Å². The number of hydrogen-bond donors (Lipinski definition) is 2. The van der Waals surface area contributed by atoms with Gasteiger partial charge in [0.05, 0.1) is 0 Å². The third-order valence-electron chi connectivity index (χ3n) is 5.72. The molecule has 0 bridgehead atoms. The first-order valence-electron chi connectivity index (χ1n) is 8.80. The first-order chi connectivity index (χ1) is 11.3. The van der Waals surface area contributed by atoms with Crippen molar-refractivity contribution in [1.82, 2.24) is 15.2 Å².